The van der Waals surface area contributed by atoms with E-state index in [1.54, 1.807) is 13.8 Å². The summed E-state index contributed by atoms with van der Waals surface area (Å²) in [5.74, 6) is -0.441. The fourth-order valence-electron chi connectivity index (χ4n) is 2.30. The lowest BCUT2D eigenvalue weighted by Crippen LogP contribution is -2.40. The number of aryl methyl sites for hydroxylation is 1. The Labute approximate surface area is 113 Å². The highest BCUT2D eigenvalue weighted by Crippen LogP contribution is 2.20. The van der Waals surface area contributed by atoms with Crippen molar-refractivity contribution >= 4 is 10.0 Å². The number of halogens is 1. The molecule has 106 valence electrons. The molecule has 4 nitrogen and oxygen atoms in total. The highest BCUT2D eigenvalue weighted by Gasteiger charge is 2.27. The van der Waals surface area contributed by atoms with Crippen LogP contribution >= 0.6 is 0 Å². The molecule has 0 aromatic heterocycles. The SMILES string of the molecule is Cc1cc(F)ccc1S(=O)(=O)N[C@@H](C)[C@@H]1CCCO1. The van der Waals surface area contributed by atoms with Crippen molar-refractivity contribution in [1.82, 2.24) is 4.72 Å². The average molecular weight is 287 g/mol. The lowest BCUT2D eigenvalue weighted by Gasteiger charge is -2.20. The fourth-order valence-corrected chi connectivity index (χ4v) is 3.79. The molecule has 0 spiro atoms. The van der Waals surface area contributed by atoms with Crippen LogP contribution in [0.5, 0.6) is 0 Å². The number of hydrogen-bond donors (Lipinski definition) is 1. The Bertz CT molecular complexity index is 553. The molecule has 1 saturated heterocycles. The predicted molar refractivity (Wildman–Crippen MR) is 69.9 cm³/mol. The van der Waals surface area contributed by atoms with Gasteiger partial charge in [-0.3, -0.25) is 0 Å². The Hall–Kier alpha value is -0.980. The van der Waals surface area contributed by atoms with Crippen molar-refractivity contribution in [3.05, 3.63) is 29.6 Å². The molecule has 1 N–H and O–H groups in total. The van der Waals surface area contributed by atoms with E-state index in [0.717, 1.165) is 18.9 Å². The van der Waals surface area contributed by atoms with E-state index >= 15 is 0 Å². The lowest BCUT2D eigenvalue weighted by molar-refractivity contribution is 0.0902. The first-order valence-corrected chi connectivity index (χ1v) is 7.78. The van der Waals surface area contributed by atoms with Crippen LogP contribution in [-0.2, 0) is 14.8 Å². The Morgan fingerprint density at radius 1 is 1.47 bits per heavy atom. The van der Waals surface area contributed by atoms with Gasteiger partial charge in [0.05, 0.1) is 11.0 Å². The minimum absolute atomic E-state index is 0.0875. The van der Waals surface area contributed by atoms with Crippen molar-refractivity contribution in [3.63, 3.8) is 0 Å². The van der Waals surface area contributed by atoms with E-state index in [-0.39, 0.29) is 17.0 Å². The van der Waals surface area contributed by atoms with Crippen molar-refractivity contribution in [2.45, 2.75) is 43.7 Å². The van der Waals surface area contributed by atoms with Crippen LogP contribution in [0.1, 0.15) is 25.3 Å². The molecule has 0 amide bonds. The second-order valence-electron chi connectivity index (χ2n) is 4.87. The molecule has 0 radical (unpaired) electrons. The van der Waals surface area contributed by atoms with E-state index in [4.69, 9.17) is 4.74 Å². The zero-order valence-electron chi connectivity index (χ0n) is 11.0. The van der Waals surface area contributed by atoms with Gasteiger partial charge in [-0.05, 0) is 50.5 Å². The monoisotopic (exact) mass is 287 g/mol. The van der Waals surface area contributed by atoms with Gasteiger partial charge in [0, 0.05) is 12.6 Å². The van der Waals surface area contributed by atoms with E-state index in [1.807, 2.05) is 0 Å². The zero-order valence-corrected chi connectivity index (χ0v) is 11.8. The summed E-state index contributed by atoms with van der Waals surface area (Å²) in [5.41, 5.74) is 0.395. The van der Waals surface area contributed by atoms with E-state index in [2.05, 4.69) is 4.72 Å². The number of rotatable bonds is 4. The van der Waals surface area contributed by atoms with E-state index in [9.17, 15) is 12.8 Å². The van der Waals surface area contributed by atoms with Crippen LogP contribution in [0, 0.1) is 12.7 Å². The van der Waals surface area contributed by atoms with E-state index < -0.39 is 15.8 Å². The standard InChI is InChI=1S/C13H18FNO3S/c1-9-8-11(14)5-6-13(9)19(16,17)15-10(2)12-4-3-7-18-12/h5-6,8,10,12,15H,3-4,7H2,1-2H3/t10-,12-/m0/s1. The molecule has 1 aromatic carbocycles. The molecular formula is C13H18FNO3S. The number of hydrogen-bond acceptors (Lipinski definition) is 3. The van der Waals surface area contributed by atoms with E-state index in [1.165, 1.54) is 12.1 Å². The molecular weight excluding hydrogens is 269 g/mol. The number of benzene rings is 1. The molecule has 1 aromatic rings. The molecule has 0 saturated carbocycles. The summed E-state index contributed by atoms with van der Waals surface area (Å²) in [6.07, 6.45) is 1.72. The highest BCUT2D eigenvalue weighted by atomic mass is 32.2. The summed E-state index contributed by atoms with van der Waals surface area (Å²) in [4.78, 5) is 0.110. The van der Waals surface area contributed by atoms with Crippen molar-refractivity contribution in [2.24, 2.45) is 0 Å². The van der Waals surface area contributed by atoms with E-state index in [0.29, 0.717) is 12.2 Å². The van der Waals surface area contributed by atoms with Gasteiger partial charge in [-0.15, -0.1) is 0 Å². The first-order chi connectivity index (χ1) is 8.90. The van der Waals surface area contributed by atoms with Gasteiger partial charge in [0.15, 0.2) is 0 Å². The second-order valence-corrected chi connectivity index (χ2v) is 6.55. The van der Waals surface area contributed by atoms with Gasteiger partial charge in [-0.1, -0.05) is 0 Å². The predicted octanol–water partition coefficient (Wildman–Crippen LogP) is 1.98. The van der Waals surface area contributed by atoms with Crippen LogP contribution < -0.4 is 4.72 Å². The quantitative estimate of drug-likeness (QED) is 0.921. The van der Waals surface area contributed by atoms with Crippen LogP contribution in [0.25, 0.3) is 0 Å². The van der Waals surface area contributed by atoms with Crippen molar-refractivity contribution in [2.75, 3.05) is 6.61 Å². The molecule has 2 atom stereocenters. The molecule has 1 fully saturated rings. The summed E-state index contributed by atoms with van der Waals surface area (Å²) >= 11 is 0. The summed E-state index contributed by atoms with van der Waals surface area (Å²) < 4.78 is 45.6. The zero-order chi connectivity index (χ0) is 14.0. The van der Waals surface area contributed by atoms with Crippen molar-refractivity contribution in [3.8, 4) is 0 Å². The van der Waals surface area contributed by atoms with Gasteiger partial charge in [0.1, 0.15) is 5.82 Å². The summed E-state index contributed by atoms with van der Waals surface area (Å²) in [6.45, 7) is 4.03. The Morgan fingerprint density at radius 2 is 2.21 bits per heavy atom. The van der Waals surface area contributed by atoms with Gasteiger partial charge < -0.3 is 4.74 Å². The summed E-state index contributed by atoms with van der Waals surface area (Å²) in [7, 11) is -3.64. The smallest absolute Gasteiger partial charge is 0.241 e. The Balaban J connectivity index is 2.17. The van der Waals surface area contributed by atoms with Gasteiger partial charge in [-0.25, -0.2) is 17.5 Å². The maximum Gasteiger partial charge on any atom is 0.241 e. The number of nitrogens with one attached hydrogen (secondary N) is 1. The van der Waals surface area contributed by atoms with Crippen LogP contribution in [0.4, 0.5) is 4.39 Å². The largest absolute Gasteiger partial charge is 0.377 e. The third kappa shape index (κ3) is 3.32. The van der Waals surface area contributed by atoms with Crippen LogP contribution in [0.15, 0.2) is 23.1 Å². The first-order valence-electron chi connectivity index (χ1n) is 6.30. The lowest BCUT2D eigenvalue weighted by atomic mass is 10.1. The molecule has 0 aliphatic carbocycles. The average Bonchev–Trinajstić information content (AvgIpc) is 2.80. The number of ether oxygens (including phenoxy) is 1. The number of sulfonamides is 1. The highest BCUT2D eigenvalue weighted by molar-refractivity contribution is 7.89. The van der Waals surface area contributed by atoms with Crippen molar-refractivity contribution in [1.29, 1.82) is 0 Å². The van der Waals surface area contributed by atoms with Crippen molar-refractivity contribution < 1.29 is 17.5 Å². The third-order valence-electron chi connectivity index (χ3n) is 3.29. The summed E-state index contributed by atoms with van der Waals surface area (Å²) in [6, 6.07) is 3.36. The topological polar surface area (TPSA) is 55.4 Å². The Morgan fingerprint density at radius 3 is 2.79 bits per heavy atom. The Kier molecular flexibility index (Phi) is 4.23. The normalized spacial score (nSPS) is 21.5. The van der Waals surface area contributed by atoms with Gasteiger partial charge >= 0.3 is 0 Å². The maximum absolute atomic E-state index is 13.0. The minimum Gasteiger partial charge on any atom is -0.377 e. The van der Waals surface area contributed by atoms with Gasteiger partial charge in [0.25, 0.3) is 0 Å². The molecule has 6 heteroatoms. The molecule has 2 rings (SSSR count). The summed E-state index contributed by atoms with van der Waals surface area (Å²) in [5, 5.41) is 0. The molecule has 0 bridgehead atoms. The van der Waals surface area contributed by atoms with Crippen LogP contribution in [0.2, 0.25) is 0 Å². The minimum atomic E-state index is -3.64. The maximum atomic E-state index is 13.0. The van der Waals surface area contributed by atoms with Crippen LogP contribution in [0.3, 0.4) is 0 Å². The molecule has 1 aliphatic rings. The molecule has 1 heterocycles. The van der Waals surface area contributed by atoms with Gasteiger partial charge in [-0.2, -0.15) is 0 Å². The fraction of sp³-hybridized carbons (Fsp3) is 0.538. The molecule has 19 heavy (non-hydrogen) atoms. The molecule has 0 unspecified atom stereocenters. The molecule has 1 aliphatic heterocycles. The van der Waals surface area contributed by atoms with Gasteiger partial charge in [0.2, 0.25) is 10.0 Å². The van der Waals surface area contributed by atoms with Crippen LogP contribution in [-0.4, -0.2) is 27.2 Å². The first kappa shape index (κ1) is 14.4. The third-order valence-corrected chi connectivity index (χ3v) is 5.01. The second kappa shape index (κ2) is 5.56.